The molecule has 0 radical (unpaired) electrons. The van der Waals surface area contributed by atoms with Crippen molar-refractivity contribution >= 4 is 0 Å². The van der Waals surface area contributed by atoms with Gasteiger partial charge in [-0.1, -0.05) is 6.08 Å². The molecule has 0 saturated heterocycles. The Morgan fingerprint density at radius 2 is 2.33 bits per heavy atom. The maximum atomic E-state index is 5.74. The van der Waals surface area contributed by atoms with Crippen molar-refractivity contribution in [3.8, 4) is 0 Å². The van der Waals surface area contributed by atoms with E-state index in [2.05, 4.69) is 6.08 Å². The van der Waals surface area contributed by atoms with Crippen LogP contribution >= 0.6 is 0 Å². The molecule has 2 nitrogen and oxygen atoms in total. The molecule has 2 heteroatoms. The monoisotopic (exact) mass is 165 g/mol. The van der Waals surface area contributed by atoms with E-state index in [9.17, 15) is 0 Å². The van der Waals surface area contributed by atoms with Gasteiger partial charge in [-0.15, -0.1) is 0 Å². The number of allylic oxidation sites excluding steroid dienone is 1. The first-order valence-corrected chi connectivity index (χ1v) is 4.61. The summed E-state index contributed by atoms with van der Waals surface area (Å²) in [4.78, 5) is 0. The zero-order chi connectivity index (χ0) is 8.39. The van der Waals surface area contributed by atoms with E-state index in [1.165, 1.54) is 12.8 Å². The van der Waals surface area contributed by atoms with Crippen LogP contribution in [0.4, 0.5) is 0 Å². The predicted molar refractivity (Wildman–Crippen MR) is 48.5 cm³/mol. The van der Waals surface area contributed by atoms with Gasteiger partial charge in [0.2, 0.25) is 0 Å². The summed E-state index contributed by atoms with van der Waals surface area (Å²) in [6.07, 6.45) is 9.71. The minimum absolute atomic E-state index is 0.157. The van der Waals surface area contributed by atoms with Gasteiger partial charge in [0.25, 0.3) is 0 Å². The van der Waals surface area contributed by atoms with Crippen molar-refractivity contribution in [1.29, 1.82) is 0 Å². The molecule has 2 aliphatic rings. The molecular formula is C10H15NO. The second-order valence-corrected chi connectivity index (χ2v) is 3.63. The van der Waals surface area contributed by atoms with Crippen LogP contribution in [0.2, 0.25) is 0 Å². The topological polar surface area (TPSA) is 35.2 Å². The zero-order valence-corrected chi connectivity index (χ0v) is 7.20. The lowest BCUT2D eigenvalue weighted by atomic mass is 10.1. The molecule has 2 aliphatic carbocycles. The smallest absolute Gasteiger partial charge is 0.116 e. The Morgan fingerprint density at radius 1 is 1.50 bits per heavy atom. The van der Waals surface area contributed by atoms with Crippen molar-refractivity contribution in [3.63, 3.8) is 0 Å². The average molecular weight is 165 g/mol. The van der Waals surface area contributed by atoms with Gasteiger partial charge in [-0.3, -0.25) is 0 Å². The second-order valence-electron chi connectivity index (χ2n) is 3.63. The highest BCUT2D eigenvalue weighted by atomic mass is 16.5. The molecule has 1 unspecified atom stereocenters. The quantitative estimate of drug-likeness (QED) is 0.689. The molecule has 2 rings (SSSR count). The molecule has 0 bridgehead atoms. The van der Waals surface area contributed by atoms with Gasteiger partial charge >= 0.3 is 0 Å². The fourth-order valence-electron chi connectivity index (χ4n) is 1.27. The lowest BCUT2D eigenvalue weighted by Gasteiger charge is -2.13. The molecule has 0 heterocycles. The Balaban J connectivity index is 1.80. The van der Waals surface area contributed by atoms with Gasteiger partial charge in [0, 0.05) is 6.04 Å². The molecule has 1 fully saturated rings. The molecule has 0 amide bonds. The van der Waals surface area contributed by atoms with Gasteiger partial charge in [-0.2, -0.15) is 0 Å². The third-order valence-electron chi connectivity index (χ3n) is 2.25. The molecule has 66 valence electrons. The molecule has 0 aromatic heterocycles. The number of rotatable bonds is 3. The molecule has 2 N–H and O–H groups in total. The Bertz CT molecular complexity index is 216. The van der Waals surface area contributed by atoms with Gasteiger partial charge in [0.1, 0.15) is 5.76 Å². The van der Waals surface area contributed by atoms with Crippen LogP contribution in [-0.2, 0) is 4.74 Å². The summed E-state index contributed by atoms with van der Waals surface area (Å²) in [6.45, 7) is 0.878. The van der Waals surface area contributed by atoms with Gasteiger partial charge in [-0.05, 0) is 37.3 Å². The van der Waals surface area contributed by atoms with E-state index in [1.54, 1.807) is 0 Å². The third kappa shape index (κ3) is 2.11. The van der Waals surface area contributed by atoms with Gasteiger partial charge < -0.3 is 10.5 Å². The first kappa shape index (κ1) is 7.87. The summed E-state index contributed by atoms with van der Waals surface area (Å²) >= 11 is 0. The van der Waals surface area contributed by atoms with Crippen molar-refractivity contribution in [3.05, 3.63) is 24.0 Å². The molecule has 12 heavy (non-hydrogen) atoms. The SMILES string of the molecule is NC1C=C(OCC2CC2)C=CC1. The van der Waals surface area contributed by atoms with Crippen LogP contribution in [0.1, 0.15) is 19.3 Å². The van der Waals surface area contributed by atoms with Crippen LogP contribution < -0.4 is 5.73 Å². The summed E-state index contributed by atoms with van der Waals surface area (Å²) in [6, 6.07) is 0.157. The standard InChI is InChI=1S/C10H15NO/c11-9-2-1-3-10(6-9)12-7-8-4-5-8/h1,3,6,8-9H,2,4-5,7,11H2. The van der Waals surface area contributed by atoms with Crippen LogP contribution in [0, 0.1) is 5.92 Å². The lowest BCUT2D eigenvalue weighted by molar-refractivity contribution is 0.208. The van der Waals surface area contributed by atoms with Crippen LogP contribution in [0.15, 0.2) is 24.0 Å². The van der Waals surface area contributed by atoms with E-state index >= 15 is 0 Å². The van der Waals surface area contributed by atoms with Gasteiger partial charge in [0.15, 0.2) is 0 Å². The Hall–Kier alpha value is -0.760. The lowest BCUT2D eigenvalue weighted by Crippen LogP contribution is -2.18. The van der Waals surface area contributed by atoms with Crippen LogP contribution in [0.3, 0.4) is 0 Å². The third-order valence-corrected chi connectivity index (χ3v) is 2.25. The maximum Gasteiger partial charge on any atom is 0.116 e. The van der Waals surface area contributed by atoms with Crippen molar-refractivity contribution in [2.45, 2.75) is 25.3 Å². The van der Waals surface area contributed by atoms with Crippen LogP contribution in [-0.4, -0.2) is 12.6 Å². The molecular weight excluding hydrogens is 150 g/mol. The van der Waals surface area contributed by atoms with Gasteiger partial charge in [0.05, 0.1) is 6.61 Å². The predicted octanol–water partition coefficient (Wildman–Crippen LogP) is 1.58. The summed E-state index contributed by atoms with van der Waals surface area (Å²) in [5.74, 6) is 1.78. The summed E-state index contributed by atoms with van der Waals surface area (Å²) in [5, 5.41) is 0. The fraction of sp³-hybridized carbons (Fsp3) is 0.600. The highest BCUT2D eigenvalue weighted by Crippen LogP contribution is 2.29. The number of hydrogen-bond donors (Lipinski definition) is 1. The number of nitrogens with two attached hydrogens (primary N) is 1. The van der Waals surface area contributed by atoms with Gasteiger partial charge in [-0.25, -0.2) is 0 Å². The Morgan fingerprint density at radius 3 is 3.00 bits per heavy atom. The summed E-state index contributed by atoms with van der Waals surface area (Å²) < 4.78 is 5.57. The van der Waals surface area contributed by atoms with E-state index in [0.29, 0.717) is 0 Å². The molecule has 0 aromatic rings. The largest absolute Gasteiger partial charge is 0.494 e. The van der Waals surface area contributed by atoms with E-state index in [4.69, 9.17) is 10.5 Å². The molecule has 1 atom stereocenters. The first-order valence-electron chi connectivity index (χ1n) is 4.61. The normalized spacial score (nSPS) is 28.4. The van der Waals surface area contributed by atoms with E-state index in [0.717, 1.165) is 24.7 Å². The average Bonchev–Trinajstić information content (AvgIpc) is 2.84. The number of ether oxygens (including phenoxy) is 1. The second kappa shape index (κ2) is 3.31. The van der Waals surface area contributed by atoms with E-state index in [1.807, 2.05) is 12.2 Å². The minimum Gasteiger partial charge on any atom is -0.494 e. The summed E-state index contributed by atoms with van der Waals surface area (Å²) in [5.41, 5.74) is 5.74. The van der Waals surface area contributed by atoms with Crippen molar-refractivity contribution < 1.29 is 4.74 Å². The van der Waals surface area contributed by atoms with E-state index in [-0.39, 0.29) is 6.04 Å². The zero-order valence-electron chi connectivity index (χ0n) is 7.20. The molecule has 1 saturated carbocycles. The minimum atomic E-state index is 0.157. The van der Waals surface area contributed by atoms with Crippen LogP contribution in [0.25, 0.3) is 0 Å². The summed E-state index contributed by atoms with van der Waals surface area (Å²) in [7, 11) is 0. The molecule has 0 aromatic carbocycles. The first-order chi connectivity index (χ1) is 5.84. The maximum absolute atomic E-state index is 5.74. The van der Waals surface area contributed by atoms with E-state index < -0.39 is 0 Å². The van der Waals surface area contributed by atoms with Crippen molar-refractivity contribution in [2.75, 3.05) is 6.61 Å². The molecule has 0 aliphatic heterocycles. The van der Waals surface area contributed by atoms with Crippen LogP contribution in [0.5, 0.6) is 0 Å². The Labute approximate surface area is 73.1 Å². The highest BCUT2D eigenvalue weighted by Gasteiger charge is 2.22. The highest BCUT2D eigenvalue weighted by molar-refractivity contribution is 5.20. The number of hydrogen-bond acceptors (Lipinski definition) is 2. The molecule has 0 spiro atoms. The van der Waals surface area contributed by atoms with Crippen molar-refractivity contribution in [1.82, 2.24) is 0 Å². The van der Waals surface area contributed by atoms with Crippen molar-refractivity contribution in [2.24, 2.45) is 11.7 Å². The Kier molecular flexibility index (Phi) is 2.17. The fourth-order valence-corrected chi connectivity index (χ4v) is 1.27.